The Bertz CT molecular complexity index is 1050. The molecular weight excluding hydrogens is 412 g/mol. The van der Waals surface area contributed by atoms with Crippen LogP contribution in [0.3, 0.4) is 0 Å². The van der Waals surface area contributed by atoms with Gasteiger partial charge in [0.05, 0.1) is 19.4 Å². The van der Waals surface area contributed by atoms with E-state index >= 15 is 0 Å². The highest BCUT2D eigenvalue weighted by Crippen LogP contribution is 2.45. The minimum atomic E-state index is -1.05. The monoisotopic (exact) mass is 444 g/mol. The van der Waals surface area contributed by atoms with Crippen molar-refractivity contribution in [1.82, 2.24) is 4.57 Å². The maximum Gasteiger partial charge on any atom is 0.339 e. The van der Waals surface area contributed by atoms with Crippen LogP contribution < -0.4 is 14.8 Å². The SMILES string of the molecule is COCCCOc1cc2c(cc1OC)-c1c/c(=N/OC)c(C(=O)O)cn1C(C(C)(C)C)C2. The molecule has 8 heteroatoms. The molecule has 0 aliphatic carbocycles. The smallest absolute Gasteiger partial charge is 0.339 e. The van der Waals surface area contributed by atoms with Gasteiger partial charge in [-0.05, 0) is 35.6 Å². The van der Waals surface area contributed by atoms with Crippen LogP contribution in [0, 0.1) is 5.41 Å². The number of pyridine rings is 1. The molecule has 2 heterocycles. The normalized spacial score (nSPS) is 15.7. The average molecular weight is 445 g/mol. The van der Waals surface area contributed by atoms with Gasteiger partial charge in [-0.15, -0.1) is 0 Å². The summed E-state index contributed by atoms with van der Waals surface area (Å²) in [4.78, 5) is 16.8. The predicted octanol–water partition coefficient (Wildman–Crippen LogP) is 3.88. The molecule has 1 N–H and O–H groups in total. The third-order valence-electron chi connectivity index (χ3n) is 5.68. The second kappa shape index (κ2) is 9.65. The average Bonchev–Trinajstić information content (AvgIpc) is 2.74. The van der Waals surface area contributed by atoms with E-state index < -0.39 is 5.97 Å². The van der Waals surface area contributed by atoms with Gasteiger partial charge in [0.1, 0.15) is 18.0 Å². The van der Waals surface area contributed by atoms with Gasteiger partial charge in [0.2, 0.25) is 0 Å². The molecule has 0 saturated carbocycles. The first-order valence-electron chi connectivity index (χ1n) is 10.6. The fraction of sp³-hybridized carbons (Fsp3) is 0.500. The van der Waals surface area contributed by atoms with E-state index in [-0.39, 0.29) is 22.4 Å². The molecule has 0 fully saturated rings. The zero-order chi connectivity index (χ0) is 23.5. The second-order valence-corrected chi connectivity index (χ2v) is 8.88. The topological polar surface area (TPSA) is 91.5 Å². The molecule has 0 radical (unpaired) electrons. The van der Waals surface area contributed by atoms with E-state index in [1.54, 1.807) is 26.5 Å². The van der Waals surface area contributed by atoms with Crippen molar-refractivity contribution in [2.24, 2.45) is 10.6 Å². The van der Waals surface area contributed by atoms with Crippen molar-refractivity contribution >= 4 is 5.97 Å². The van der Waals surface area contributed by atoms with E-state index in [0.29, 0.717) is 24.7 Å². The molecule has 174 valence electrons. The van der Waals surface area contributed by atoms with Gasteiger partial charge in [-0.1, -0.05) is 25.9 Å². The Labute approximate surface area is 188 Å². The van der Waals surface area contributed by atoms with Crippen molar-refractivity contribution in [3.63, 3.8) is 0 Å². The van der Waals surface area contributed by atoms with Crippen molar-refractivity contribution < 1.29 is 28.9 Å². The van der Waals surface area contributed by atoms with Crippen molar-refractivity contribution in [3.8, 4) is 22.8 Å². The van der Waals surface area contributed by atoms with Gasteiger partial charge in [0, 0.05) is 37.9 Å². The Morgan fingerprint density at radius 2 is 1.91 bits per heavy atom. The number of ether oxygens (including phenoxy) is 3. The third-order valence-corrected chi connectivity index (χ3v) is 5.68. The first kappa shape index (κ1) is 23.7. The van der Waals surface area contributed by atoms with Crippen molar-refractivity contribution in [3.05, 3.63) is 40.9 Å². The first-order valence-corrected chi connectivity index (χ1v) is 10.6. The summed E-state index contributed by atoms with van der Waals surface area (Å²) in [6.45, 7) is 7.61. The van der Waals surface area contributed by atoms with Crippen molar-refractivity contribution in [2.75, 3.05) is 34.5 Å². The molecule has 1 aromatic carbocycles. The molecule has 1 aliphatic heterocycles. The molecule has 1 unspecified atom stereocenters. The van der Waals surface area contributed by atoms with Gasteiger partial charge in [0.15, 0.2) is 11.5 Å². The number of nitrogens with zero attached hydrogens (tertiary/aromatic N) is 2. The van der Waals surface area contributed by atoms with Gasteiger partial charge >= 0.3 is 5.97 Å². The number of aromatic carboxylic acids is 1. The maximum absolute atomic E-state index is 11.9. The van der Waals surface area contributed by atoms with Gasteiger partial charge in [-0.3, -0.25) is 0 Å². The summed E-state index contributed by atoms with van der Waals surface area (Å²) in [5, 5.41) is 14.0. The zero-order valence-corrected chi connectivity index (χ0v) is 19.6. The Morgan fingerprint density at radius 3 is 2.50 bits per heavy atom. The molecule has 3 rings (SSSR count). The minimum Gasteiger partial charge on any atom is -0.493 e. The molecule has 0 spiro atoms. The number of carboxylic acids is 1. The van der Waals surface area contributed by atoms with Crippen LogP contribution in [-0.4, -0.2) is 50.2 Å². The number of aromatic nitrogens is 1. The van der Waals surface area contributed by atoms with E-state index in [1.165, 1.54) is 7.11 Å². The van der Waals surface area contributed by atoms with E-state index in [9.17, 15) is 9.90 Å². The summed E-state index contributed by atoms with van der Waals surface area (Å²) in [5.41, 5.74) is 2.90. The predicted molar refractivity (Wildman–Crippen MR) is 120 cm³/mol. The number of methoxy groups -OCH3 is 2. The molecule has 1 aliphatic rings. The van der Waals surface area contributed by atoms with Crippen LogP contribution in [0.4, 0.5) is 0 Å². The standard InChI is InChI=1S/C24H32N2O6/c1-24(2,3)22-11-15-10-21(32-9-7-8-29-4)20(30-5)12-16(15)19-13-18(25-31-6)17(23(27)28)14-26(19)22/h10,12-14,22H,7-9,11H2,1-6H3,(H,27,28)/b25-18-. The van der Waals surface area contributed by atoms with E-state index in [1.807, 2.05) is 16.7 Å². The molecular formula is C24H32N2O6. The summed E-state index contributed by atoms with van der Waals surface area (Å²) in [7, 11) is 4.68. The highest BCUT2D eigenvalue weighted by molar-refractivity contribution is 5.87. The largest absolute Gasteiger partial charge is 0.493 e. The van der Waals surface area contributed by atoms with E-state index in [0.717, 1.165) is 29.7 Å². The molecule has 1 atom stereocenters. The Hall–Kier alpha value is -3.00. The van der Waals surface area contributed by atoms with E-state index in [4.69, 9.17) is 19.0 Å². The first-order chi connectivity index (χ1) is 15.2. The van der Waals surface area contributed by atoms with Gasteiger partial charge in [-0.25, -0.2) is 4.79 Å². The van der Waals surface area contributed by atoms with E-state index in [2.05, 4.69) is 25.9 Å². The van der Waals surface area contributed by atoms with Gasteiger partial charge in [-0.2, -0.15) is 0 Å². The number of carbonyl (C=O) groups is 1. The second-order valence-electron chi connectivity index (χ2n) is 8.88. The lowest BCUT2D eigenvalue weighted by Crippen LogP contribution is -2.33. The van der Waals surface area contributed by atoms with Crippen LogP contribution in [0.5, 0.6) is 11.5 Å². The van der Waals surface area contributed by atoms with Gasteiger partial charge < -0.3 is 28.7 Å². The maximum atomic E-state index is 11.9. The molecule has 0 bridgehead atoms. The minimum absolute atomic E-state index is 0.0365. The number of benzene rings is 1. The molecule has 0 saturated heterocycles. The Balaban J connectivity index is 2.20. The molecule has 1 aromatic heterocycles. The molecule has 8 nitrogen and oxygen atoms in total. The van der Waals surface area contributed by atoms with Crippen LogP contribution >= 0.6 is 0 Å². The fourth-order valence-corrected chi connectivity index (χ4v) is 4.07. The third kappa shape index (κ3) is 4.75. The summed E-state index contributed by atoms with van der Waals surface area (Å²) in [6, 6.07) is 5.78. The summed E-state index contributed by atoms with van der Waals surface area (Å²) in [5.74, 6) is 0.258. The lowest BCUT2D eigenvalue weighted by molar-refractivity contribution is 0.0691. The zero-order valence-electron chi connectivity index (χ0n) is 19.6. The lowest BCUT2D eigenvalue weighted by Gasteiger charge is -2.39. The number of hydrogen-bond acceptors (Lipinski definition) is 6. The highest BCUT2D eigenvalue weighted by atomic mass is 16.6. The lowest BCUT2D eigenvalue weighted by atomic mass is 9.78. The van der Waals surface area contributed by atoms with Gasteiger partial charge in [0.25, 0.3) is 0 Å². The Kier molecular flexibility index (Phi) is 7.13. The number of hydrogen-bond donors (Lipinski definition) is 1. The van der Waals surface area contributed by atoms with Crippen molar-refractivity contribution in [1.29, 1.82) is 0 Å². The van der Waals surface area contributed by atoms with Crippen LogP contribution in [0.2, 0.25) is 0 Å². The summed E-state index contributed by atoms with van der Waals surface area (Å²) >= 11 is 0. The molecule has 0 amide bonds. The van der Waals surface area contributed by atoms with Crippen LogP contribution in [0.25, 0.3) is 11.3 Å². The summed E-state index contributed by atoms with van der Waals surface area (Å²) in [6.07, 6.45) is 3.17. The number of carboxylic acid groups (broad SMARTS) is 1. The Morgan fingerprint density at radius 1 is 1.16 bits per heavy atom. The summed E-state index contributed by atoms with van der Waals surface area (Å²) < 4.78 is 18.7. The molecule has 2 aromatic rings. The highest BCUT2D eigenvalue weighted by Gasteiger charge is 2.34. The number of rotatable bonds is 8. The van der Waals surface area contributed by atoms with Crippen LogP contribution in [-0.2, 0) is 16.0 Å². The fourth-order valence-electron chi connectivity index (χ4n) is 4.07. The molecule has 32 heavy (non-hydrogen) atoms. The number of fused-ring (bicyclic) bond motifs is 3. The van der Waals surface area contributed by atoms with Crippen LogP contribution in [0.1, 0.15) is 49.2 Å². The quantitative estimate of drug-likeness (QED) is 0.491. The van der Waals surface area contributed by atoms with Crippen LogP contribution in [0.15, 0.2) is 29.6 Å². The van der Waals surface area contributed by atoms with Crippen molar-refractivity contribution in [2.45, 2.75) is 39.7 Å².